The maximum absolute atomic E-state index is 12.6. The zero-order valence-corrected chi connectivity index (χ0v) is 15.4. The molecule has 5 heteroatoms. The number of anilines is 1. The second-order valence-electron chi connectivity index (χ2n) is 7.49. The average Bonchev–Trinajstić information content (AvgIpc) is 3.03. The molecule has 0 aliphatic carbocycles. The van der Waals surface area contributed by atoms with Crippen molar-refractivity contribution >= 4 is 17.5 Å². The highest BCUT2D eigenvalue weighted by Gasteiger charge is 2.26. The van der Waals surface area contributed by atoms with E-state index in [0.717, 1.165) is 51.4 Å². The summed E-state index contributed by atoms with van der Waals surface area (Å²) in [5.41, 5.74) is 2.35. The molecule has 2 aliphatic heterocycles. The molecule has 0 saturated carbocycles. The normalized spacial score (nSPS) is 17.9. The molecule has 0 radical (unpaired) electrons. The van der Waals surface area contributed by atoms with E-state index in [9.17, 15) is 9.59 Å². The van der Waals surface area contributed by atoms with E-state index in [1.54, 1.807) is 0 Å². The summed E-state index contributed by atoms with van der Waals surface area (Å²) >= 11 is 0. The minimum Gasteiger partial charge on any atom is -0.340 e. The van der Waals surface area contributed by atoms with E-state index < -0.39 is 0 Å². The lowest BCUT2D eigenvalue weighted by molar-refractivity contribution is -0.134. The van der Waals surface area contributed by atoms with Gasteiger partial charge in [-0.3, -0.25) is 14.5 Å². The van der Waals surface area contributed by atoms with Crippen molar-refractivity contribution in [2.45, 2.75) is 33.1 Å². The number of carbonyl (C=O) groups is 2. The van der Waals surface area contributed by atoms with Crippen molar-refractivity contribution in [3.8, 4) is 0 Å². The number of piperazine rings is 1. The lowest BCUT2D eigenvalue weighted by atomic mass is 10.1. The van der Waals surface area contributed by atoms with Gasteiger partial charge in [-0.05, 0) is 24.0 Å². The molecule has 5 nitrogen and oxygen atoms in total. The maximum atomic E-state index is 12.6. The van der Waals surface area contributed by atoms with E-state index in [2.05, 4.69) is 24.8 Å². The predicted octanol–water partition coefficient (Wildman–Crippen LogP) is 2.16. The third-order valence-corrected chi connectivity index (χ3v) is 5.14. The van der Waals surface area contributed by atoms with Gasteiger partial charge in [0.1, 0.15) is 0 Å². The summed E-state index contributed by atoms with van der Waals surface area (Å²) < 4.78 is 0. The van der Waals surface area contributed by atoms with E-state index in [4.69, 9.17) is 0 Å². The van der Waals surface area contributed by atoms with Crippen LogP contribution in [0.4, 0.5) is 5.69 Å². The molecule has 0 atom stereocenters. The van der Waals surface area contributed by atoms with Gasteiger partial charge in [0.2, 0.25) is 11.8 Å². The molecule has 25 heavy (non-hydrogen) atoms. The van der Waals surface area contributed by atoms with Gasteiger partial charge in [0, 0.05) is 57.8 Å². The van der Waals surface area contributed by atoms with Crippen LogP contribution in [0.15, 0.2) is 24.3 Å². The number of carbonyl (C=O) groups excluding carboxylic acids is 2. The van der Waals surface area contributed by atoms with Crippen LogP contribution in [0.2, 0.25) is 0 Å². The lowest BCUT2D eigenvalue weighted by Gasteiger charge is -2.35. The predicted molar refractivity (Wildman–Crippen MR) is 99.6 cm³/mol. The first-order valence-electron chi connectivity index (χ1n) is 9.43. The average molecular weight is 343 g/mol. The Bertz CT molecular complexity index is 621. The molecule has 0 bridgehead atoms. The molecule has 2 aliphatic rings. The van der Waals surface area contributed by atoms with Crippen LogP contribution in [-0.4, -0.2) is 60.9 Å². The van der Waals surface area contributed by atoms with Crippen molar-refractivity contribution in [1.82, 2.24) is 9.80 Å². The van der Waals surface area contributed by atoms with Gasteiger partial charge in [-0.15, -0.1) is 0 Å². The van der Waals surface area contributed by atoms with Crippen LogP contribution in [0.3, 0.4) is 0 Å². The number of benzene rings is 1. The molecule has 1 aromatic rings. The summed E-state index contributed by atoms with van der Waals surface area (Å²) in [6.45, 7) is 9.05. The molecule has 136 valence electrons. The van der Waals surface area contributed by atoms with Crippen molar-refractivity contribution in [1.29, 1.82) is 0 Å². The summed E-state index contributed by atoms with van der Waals surface area (Å²) in [6, 6.07) is 8.18. The second kappa shape index (κ2) is 8.00. The van der Waals surface area contributed by atoms with Crippen molar-refractivity contribution in [3.05, 3.63) is 29.8 Å². The Morgan fingerprint density at radius 3 is 2.44 bits per heavy atom. The van der Waals surface area contributed by atoms with Crippen molar-refractivity contribution < 1.29 is 9.59 Å². The first-order chi connectivity index (χ1) is 12.0. The quantitative estimate of drug-likeness (QED) is 0.823. The Kier molecular flexibility index (Phi) is 5.74. The Balaban J connectivity index is 1.43. The van der Waals surface area contributed by atoms with Crippen LogP contribution >= 0.6 is 0 Å². The van der Waals surface area contributed by atoms with Crippen molar-refractivity contribution in [3.63, 3.8) is 0 Å². The van der Waals surface area contributed by atoms with Gasteiger partial charge in [0.15, 0.2) is 0 Å². The molecule has 1 saturated heterocycles. The third kappa shape index (κ3) is 4.40. The van der Waals surface area contributed by atoms with Crippen LogP contribution in [0.25, 0.3) is 0 Å². The zero-order chi connectivity index (χ0) is 17.8. The van der Waals surface area contributed by atoms with E-state index in [1.807, 2.05) is 28.0 Å². The molecule has 2 amide bonds. The molecular formula is C20H29N3O2. The fourth-order valence-corrected chi connectivity index (χ4v) is 3.69. The van der Waals surface area contributed by atoms with Gasteiger partial charge in [-0.2, -0.15) is 0 Å². The summed E-state index contributed by atoms with van der Waals surface area (Å²) in [4.78, 5) is 30.9. The lowest BCUT2D eigenvalue weighted by Crippen LogP contribution is -2.49. The smallest absolute Gasteiger partial charge is 0.228 e. The largest absolute Gasteiger partial charge is 0.340 e. The van der Waals surface area contributed by atoms with Crippen LogP contribution < -0.4 is 4.90 Å². The van der Waals surface area contributed by atoms with E-state index in [0.29, 0.717) is 18.8 Å². The highest BCUT2D eigenvalue weighted by molar-refractivity contribution is 5.95. The highest BCUT2D eigenvalue weighted by atomic mass is 16.2. The second-order valence-corrected chi connectivity index (χ2v) is 7.49. The van der Waals surface area contributed by atoms with Gasteiger partial charge in [0.25, 0.3) is 0 Å². The fourth-order valence-electron chi connectivity index (χ4n) is 3.69. The Hall–Kier alpha value is -1.88. The standard InChI is InChI=1S/C20H29N3O2/c1-16(2)15-20(25)22-13-11-21(12-14-22)9-8-19(24)23-10-7-17-5-3-4-6-18(17)23/h3-6,16H,7-15H2,1-2H3. The van der Waals surface area contributed by atoms with E-state index in [-0.39, 0.29) is 11.8 Å². The first-order valence-corrected chi connectivity index (χ1v) is 9.43. The monoisotopic (exact) mass is 343 g/mol. The minimum atomic E-state index is 0.211. The SMILES string of the molecule is CC(C)CC(=O)N1CCN(CCC(=O)N2CCc3ccccc32)CC1. The zero-order valence-electron chi connectivity index (χ0n) is 15.4. The fraction of sp³-hybridized carbons (Fsp3) is 0.600. The summed E-state index contributed by atoms with van der Waals surface area (Å²) in [6.07, 6.45) is 2.14. The van der Waals surface area contributed by atoms with Gasteiger partial charge >= 0.3 is 0 Å². The third-order valence-electron chi connectivity index (χ3n) is 5.14. The van der Waals surface area contributed by atoms with E-state index in [1.165, 1.54) is 5.56 Å². The van der Waals surface area contributed by atoms with Gasteiger partial charge < -0.3 is 9.80 Å². The van der Waals surface area contributed by atoms with Crippen LogP contribution in [0.5, 0.6) is 0 Å². The Labute approximate surface area is 150 Å². The number of para-hydroxylation sites is 1. The van der Waals surface area contributed by atoms with Crippen LogP contribution in [0.1, 0.15) is 32.3 Å². The molecule has 3 rings (SSSR count). The number of amides is 2. The van der Waals surface area contributed by atoms with E-state index >= 15 is 0 Å². The Morgan fingerprint density at radius 1 is 1.00 bits per heavy atom. The summed E-state index contributed by atoms with van der Waals surface area (Å²) in [5.74, 6) is 0.883. The molecule has 1 aromatic carbocycles. The molecular weight excluding hydrogens is 314 g/mol. The molecule has 0 unspecified atom stereocenters. The summed E-state index contributed by atoms with van der Waals surface area (Å²) in [5, 5.41) is 0. The van der Waals surface area contributed by atoms with Crippen LogP contribution in [0, 0.1) is 5.92 Å². The molecule has 0 spiro atoms. The number of fused-ring (bicyclic) bond motifs is 1. The number of hydrogen-bond donors (Lipinski definition) is 0. The highest BCUT2D eigenvalue weighted by Crippen LogP contribution is 2.27. The summed E-state index contributed by atoms with van der Waals surface area (Å²) in [7, 11) is 0. The molecule has 0 aromatic heterocycles. The van der Waals surface area contributed by atoms with Gasteiger partial charge in [-0.25, -0.2) is 0 Å². The number of nitrogens with zero attached hydrogens (tertiary/aromatic N) is 3. The van der Waals surface area contributed by atoms with Crippen molar-refractivity contribution in [2.24, 2.45) is 5.92 Å². The number of rotatable bonds is 5. The first kappa shape index (κ1) is 17.9. The Morgan fingerprint density at radius 2 is 1.72 bits per heavy atom. The maximum Gasteiger partial charge on any atom is 0.228 e. The minimum absolute atomic E-state index is 0.211. The molecule has 2 heterocycles. The number of hydrogen-bond acceptors (Lipinski definition) is 3. The van der Waals surface area contributed by atoms with Crippen molar-refractivity contribution in [2.75, 3.05) is 44.2 Å². The van der Waals surface area contributed by atoms with Gasteiger partial charge in [0.05, 0.1) is 0 Å². The van der Waals surface area contributed by atoms with Gasteiger partial charge in [-0.1, -0.05) is 32.0 Å². The topological polar surface area (TPSA) is 43.9 Å². The molecule has 0 N–H and O–H groups in total. The van der Waals surface area contributed by atoms with Crippen LogP contribution in [-0.2, 0) is 16.0 Å². The molecule has 1 fully saturated rings.